The zero-order valence-corrected chi connectivity index (χ0v) is 13.1. The average Bonchev–Trinajstić information content (AvgIpc) is 2.29. The van der Waals surface area contributed by atoms with Crippen molar-refractivity contribution in [3.05, 3.63) is 26.6 Å². The first-order valence-corrected chi connectivity index (χ1v) is 8.38. The highest BCUT2D eigenvalue weighted by molar-refractivity contribution is 9.11. The van der Waals surface area contributed by atoms with Crippen LogP contribution in [0.25, 0.3) is 0 Å². The van der Waals surface area contributed by atoms with Gasteiger partial charge in [0.05, 0.1) is 8.95 Å². The van der Waals surface area contributed by atoms with Crippen molar-refractivity contribution in [1.29, 1.82) is 0 Å². The van der Waals surface area contributed by atoms with Gasteiger partial charge in [0, 0.05) is 41.9 Å². The molecule has 0 aliphatic carbocycles. The second-order valence-corrected chi connectivity index (χ2v) is 7.44. The van der Waals surface area contributed by atoms with Gasteiger partial charge in [-0.2, -0.15) is 0 Å². The molecule has 1 fully saturated rings. The summed E-state index contributed by atoms with van der Waals surface area (Å²) in [6.45, 7) is 2.58. The number of phenolic OH excluding ortho intramolecular Hbond substituents is 1. The van der Waals surface area contributed by atoms with Crippen molar-refractivity contribution in [2.75, 3.05) is 24.6 Å². The Balaban J connectivity index is 2.06. The highest BCUT2D eigenvalue weighted by Crippen LogP contribution is 2.33. The van der Waals surface area contributed by atoms with E-state index in [2.05, 4.69) is 36.8 Å². The Morgan fingerprint density at radius 1 is 1.24 bits per heavy atom. The number of benzene rings is 1. The van der Waals surface area contributed by atoms with Crippen LogP contribution in [-0.4, -0.2) is 38.8 Å². The molecule has 0 unspecified atom stereocenters. The maximum atomic E-state index is 11.3. The number of nitrogens with zero attached hydrogens (tertiary/aromatic N) is 1. The lowest BCUT2D eigenvalue weighted by Gasteiger charge is -2.26. The van der Waals surface area contributed by atoms with Crippen LogP contribution in [0, 0.1) is 0 Å². The first-order valence-electron chi connectivity index (χ1n) is 5.30. The lowest BCUT2D eigenvalue weighted by atomic mass is 10.2. The van der Waals surface area contributed by atoms with Crippen LogP contribution >= 0.6 is 31.9 Å². The first-order chi connectivity index (χ1) is 8.06. The van der Waals surface area contributed by atoms with Gasteiger partial charge in [0.25, 0.3) is 0 Å². The zero-order valence-electron chi connectivity index (χ0n) is 9.16. The zero-order chi connectivity index (χ0) is 12.4. The molecule has 0 atom stereocenters. The summed E-state index contributed by atoms with van der Waals surface area (Å²) in [5, 5.41) is 9.62. The molecule has 0 saturated carbocycles. The fourth-order valence-electron chi connectivity index (χ4n) is 1.80. The van der Waals surface area contributed by atoms with Crippen LogP contribution in [0.5, 0.6) is 5.75 Å². The van der Waals surface area contributed by atoms with E-state index in [-0.39, 0.29) is 5.75 Å². The molecule has 0 aromatic heterocycles. The Kier molecular flexibility index (Phi) is 4.63. The van der Waals surface area contributed by atoms with Gasteiger partial charge in [-0.25, -0.2) is 0 Å². The second-order valence-electron chi connectivity index (χ2n) is 4.03. The van der Waals surface area contributed by atoms with Gasteiger partial charge in [0.1, 0.15) is 5.75 Å². The third kappa shape index (κ3) is 3.53. The predicted molar refractivity (Wildman–Crippen MR) is 76.7 cm³/mol. The van der Waals surface area contributed by atoms with Crippen molar-refractivity contribution in [3.63, 3.8) is 0 Å². The molecule has 1 aliphatic heterocycles. The van der Waals surface area contributed by atoms with E-state index in [9.17, 15) is 9.32 Å². The van der Waals surface area contributed by atoms with Crippen molar-refractivity contribution < 1.29 is 9.32 Å². The Bertz CT molecular complexity index is 420. The van der Waals surface area contributed by atoms with Crippen LogP contribution in [0.1, 0.15) is 5.56 Å². The van der Waals surface area contributed by atoms with Gasteiger partial charge in [-0.15, -0.1) is 0 Å². The molecule has 3 nitrogen and oxygen atoms in total. The molecule has 1 aromatic carbocycles. The summed E-state index contributed by atoms with van der Waals surface area (Å²) in [6, 6.07) is 3.84. The molecule has 1 N–H and O–H groups in total. The number of phenols is 1. The SMILES string of the molecule is O=S1CCN(Cc2cc(Br)c(O)c(Br)c2)CC1. The molecule has 0 amide bonds. The lowest BCUT2D eigenvalue weighted by molar-refractivity contribution is 0.291. The summed E-state index contributed by atoms with van der Waals surface area (Å²) < 4.78 is 12.6. The molecule has 1 aromatic rings. The van der Waals surface area contributed by atoms with E-state index >= 15 is 0 Å². The molecule has 1 saturated heterocycles. The van der Waals surface area contributed by atoms with Crippen LogP contribution in [0.15, 0.2) is 21.1 Å². The van der Waals surface area contributed by atoms with E-state index in [0.717, 1.165) is 36.7 Å². The minimum absolute atomic E-state index is 0.230. The average molecular weight is 383 g/mol. The monoisotopic (exact) mass is 381 g/mol. The minimum atomic E-state index is -0.632. The molecule has 0 spiro atoms. The summed E-state index contributed by atoms with van der Waals surface area (Å²) >= 11 is 6.65. The number of halogens is 2. The van der Waals surface area contributed by atoms with Crippen LogP contribution < -0.4 is 0 Å². The smallest absolute Gasteiger partial charge is 0.143 e. The van der Waals surface area contributed by atoms with Gasteiger partial charge in [0.2, 0.25) is 0 Å². The lowest BCUT2D eigenvalue weighted by Crippen LogP contribution is -2.37. The number of rotatable bonds is 2. The molecule has 1 heterocycles. The second kappa shape index (κ2) is 5.82. The summed E-state index contributed by atoms with van der Waals surface area (Å²) in [7, 11) is -0.632. The normalized spacial score (nSPS) is 18.5. The Labute approximate surface area is 120 Å². The third-order valence-corrected chi connectivity index (χ3v) is 5.24. The van der Waals surface area contributed by atoms with E-state index in [4.69, 9.17) is 0 Å². The highest BCUT2D eigenvalue weighted by atomic mass is 79.9. The number of hydrogen-bond acceptors (Lipinski definition) is 3. The summed E-state index contributed by atoms with van der Waals surface area (Å²) in [5.74, 6) is 1.76. The largest absolute Gasteiger partial charge is 0.506 e. The molecule has 94 valence electrons. The highest BCUT2D eigenvalue weighted by Gasteiger charge is 2.16. The van der Waals surface area contributed by atoms with E-state index in [0.29, 0.717) is 8.95 Å². The van der Waals surface area contributed by atoms with Crippen molar-refractivity contribution in [2.45, 2.75) is 6.54 Å². The molecule has 1 aliphatic rings. The predicted octanol–water partition coefficient (Wildman–Crippen LogP) is 2.48. The Hall–Kier alpha value is 0.0900. The van der Waals surface area contributed by atoms with Gasteiger partial charge in [-0.3, -0.25) is 9.11 Å². The summed E-state index contributed by atoms with van der Waals surface area (Å²) in [5.41, 5.74) is 1.13. The van der Waals surface area contributed by atoms with E-state index in [1.807, 2.05) is 12.1 Å². The van der Waals surface area contributed by atoms with E-state index in [1.165, 1.54) is 0 Å². The Morgan fingerprint density at radius 2 is 1.76 bits per heavy atom. The Morgan fingerprint density at radius 3 is 2.29 bits per heavy atom. The first kappa shape index (κ1) is 13.5. The van der Waals surface area contributed by atoms with Gasteiger partial charge < -0.3 is 5.11 Å². The molecule has 17 heavy (non-hydrogen) atoms. The molecule has 0 radical (unpaired) electrons. The quantitative estimate of drug-likeness (QED) is 0.854. The topological polar surface area (TPSA) is 40.5 Å². The van der Waals surface area contributed by atoms with Gasteiger partial charge in [-0.1, -0.05) is 0 Å². The van der Waals surface area contributed by atoms with E-state index < -0.39 is 10.8 Å². The van der Waals surface area contributed by atoms with Crippen LogP contribution in [0.3, 0.4) is 0 Å². The van der Waals surface area contributed by atoms with Crippen molar-refractivity contribution in [2.24, 2.45) is 0 Å². The van der Waals surface area contributed by atoms with Gasteiger partial charge >= 0.3 is 0 Å². The maximum Gasteiger partial charge on any atom is 0.143 e. The number of aromatic hydroxyl groups is 1. The third-order valence-electron chi connectivity index (χ3n) is 2.75. The van der Waals surface area contributed by atoms with Gasteiger partial charge in [0.15, 0.2) is 0 Å². The maximum absolute atomic E-state index is 11.3. The molecule has 6 heteroatoms. The van der Waals surface area contributed by atoms with Gasteiger partial charge in [-0.05, 0) is 49.6 Å². The molecule has 2 rings (SSSR count). The van der Waals surface area contributed by atoms with Crippen LogP contribution in [-0.2, 0) is 17.3 Å². The summed E-state index contributed by atoms with van der Waals surface area (Å²) in [4.78, 5) is 2.28. The van der Waals surface area contributed by atoms with Crippen molar-refractivity contribution >= 4 is 42.7 Å². The van der Waals surface area contributed by atoms with Crippen LogP contribution in [0.4, 0.5) is 0 Å². The fourth-order valence-corrected chi connectivity index (χ4v) is 4.21. The van der Waals surface area contributed by atoms with Crippen molar-refractivity contribution in [1.82, 2.24) is 4.90 Å². The van der Waals surface area contributed by atoms with Crippen LogP contribution in [0.2, 0.25) is 0 Å². The molecule has 0 bridgehead atoms. The van der Waals surface area contributed by atoms with E-state index in [1.54, 1.807) is 0 Å². The summed E-state index contributed by atoms with van der Waals surface area (Å²) in [6.07, 6.45) is 0. The fraction of sp³-hybridized carbons (Fsp3) is 0.455. The minimum Gasteiger partial charge on any atom is -0.506 e. The molecular formula is C11H13Br2NO2S. The van der Waals surface area contributed by atoms with Crippen molar-refractivity contribution in [3.8, 4) is 5.75 Å². The standard InChI is InChI=1S/C11H13Br2NO2S/c12-9-5-8(6-10(13)11(9)15)7-14-1-3-17(16)4-2-14/h5-6,15H,1-4,7H2. The molecular weight excluding hydrogens is 370 g/mol. The number of hydrogen-bond donors (Lipinski definition) is 1.